The molecule has 1 N–H and O–H groups in total. The van der Waals surface area contributed by atoms with Crippen LogP contribution in [-0.4, -0.2) is 11.1 Å². The first-order valence-corrected chi connectivity index (χ1v) is 6.95. The van der Waals surface area contributed by atoms with Crippen molar-refractivity contribution in [1.29, 1.82) is 5.26 Å². The molecule has 112 valence electrons. The van der Waals surface area contributed by atoms with E-state index >= 15 is 0 Å². The molecule has 0 atom stereocenters. The molecule has 6 heteroatoms. The molecule has 1 heterocycles. The summed E-state index contributed by atoms with van der Waals surface area (Å²) in [4.78, 5) is 15.9. The zero-order chi connectivity index (χ0) is 16.1. The molecule has 0 spiro atoms. The van der Waals surface area contributed by atoms with Gasteiger partial charge < -0.3 is 4.74 Å². The van der Waals surface area contributed by atoms with Crippen LogP contribution >= 0.6 is 11.6 Å². The zero-order valence-corrected chi connectivity index (χ0v) is 12.9. The van der Waals surface area contributed by atoms with Crippen molar-refractivity contribution in [2.75, 3.05) is 5.32 Å². The topological polar surface area (TPSA) is 75.0 Å². The van der Waals surface area contributed by atoms with E-state index in [0.29, 0.717) is 16.9 Å². The second kappa shape index (κ2) is 6.92. The molecule has 0 aliphatic carbocycles. The number of amides is 1. The summed E-state index contributed by atoms with van der Waals surface area (Å²) in [5, 5.41) is 11.8. The van der Waals surface area contributed by atoms with Crippen molar-refractivity contribution in [2.24, 2.45) is 0 Å². The number of carbonyl (C=O) groups excluding carboxylic acids is 1. The van der Waals surface area contributed by atoms with Gasteiger partial charge in [0.2, 0.25) is 0 Å². The van der Waals surface area contributed by atoms with E-state index < -0.39 is 6.09 Å². The molecule has 0 fully saturated rings. The molecule has 2 rings (SSSR count). The van der Waals surface area contributed by atoms with Crippen LogP contribution in [0.2, 0.25) is 5.15 Å². The van der Waals surface area contributed by atoms with Gasteiger partial charge in [-0.1, -0.05) is 41.9 Å². The molecule has 22 heavy (non-hydrogen) atoms. The summed E-state index contributed by atoms with van der Waals surface area (Å²) in [7, 11) is 0. The number of pyridine rings is 1. The van der Waals surface area contributed by atoms with E-state index in [0.717, 1.165) is 5.56 Å². The second-order valence-electron chi connectivity index (χ2n) is 4.66. The van der Waals surface area contributed by atoms with Crippen molar-refractivity contribution in [3.63, 3.8) is 0 Å². The average Bonchev–Trinajstić information content (AvgIpc) is 2.51. The molecule has 5 nitrogen and oxygen atoms in total. The van der Waals surface area contributed by atoms with Gasteiger partial charge in [-0.2, -0.15) is 5.26 Å². The molecule has 0 aliphatic heterocycles. The predicted octanol–water partition coefficient (Wildman–Crippen LogP) is 3.97. The lowest BCUT2D eigenvalue weighted by Crippen LogP contribution is -2.16. The van der Waals surface area contributed by atoms with Crippen LogP contribution in [0.3, 0.4) is 0 Å². The number of ether oxygens (including phenoxy) is 1. The molecule has 1 aromatic carbocycles. The molecule has 1 aromatic heterocycles. The fourth-order valence-corrected chi connectivity index (χ4v) is 2.30. The van der Waals surface area contributed by atoms with E-state index in [1.165, 1.54) is 0 Å². The monoisotopic (exact) mass is 315 g/mol. The van der Waals surface area contributed by atoms with Crippen LogP contribution in [-0.2, 0) is 11.3 Å². The van der Waals surface area contributed by atoms with Crippen LogP contribution in [0.25, 0.3) is 0 Å². The average molecular weight is 316 g/mol. The van der Waals surface area contributed by atoms with Gasteiger partial charge in [-0.05, 0) is 25.0 Å². The Bertz CT molecular complexity index is 739. The first-order chi connectivity index (χ1) is 10.5. The van der Waals surface area contributed by atoms with E-state index in [9.17, 15) is 4.79 Å². The highest BCUT2D eigenvalue weighted by atomic mass is 35.5. The van der Waals surface area contributed by atoms with Crippen LogP contribution in [0.5, 0.6) is 0 Å². The summed E-state index contributed by atoms with van der Waals surface area (Å²) in [6.07, 6.45) is -0.608. The Labute approximate surface area is 133 Å². The summed E-state index contributed by atoms with van der Waals surface area (Å²) in [5.41, 5.74) is 2.66. The molecule has 2 aromatic rings. The molecular formula is C16H14ClN3O2. The Balaban J connectivity index is 2.11. The van der Waals surface area contributed by atoms with Crippen LogP contribution in [0.15, 0.2) is 30.3 Å². The maximum absolute atomic E-state index is 11.9. The number of benzene rings is 1. The SMILES string of the molecule is Cc1nc(Cl)c(C#N)c(C)c1NC(=O)OCc1ccccc1. The Kier molecular flexibility index (Phi) is 4.97. The third-order valence-electron chi connectivity index (χ3n) is 3.14. The molecule has 1 amide bonds. The number of nitrogens with zero attached hydrogens (tertiary/aromatic N) is 2. The lowest BCUT2D eigenvalue weighted by atomic mass is 10.1. The highest BCUT2D eigenvalue weighted by Crippen LogP contribution is 2.26. The summed E-state index contributed by atoms with van der Waals surface area (Å²) < 4.78 is 5.15. The van der Waals surface area contributed by atoms with Crippen molar-refractivity contribution < 1.29 is 9.53 Å². The van der Waals surface area contributed by atoms with E-state index in [2.05, 4.69) is 10.3 Å². The van der Waals surface area contributed by atoms with Gasteiger partial charge in [0.1, 0.15) is 17.8 Å². The van der Waals surface area contributed by atoms with Gasteiger partial charge in [-0.25, -0.2) is 9.78 Å². The third-order valence-corrected chi connectivity index (χ3v) is 3.41. The summed E-state index contributed by atoms with van der Waals surface area (Å²) >= 11 is 5.91. The zero-order valence-electron chi connectivity index (χ0n) is 12.2. The highest BCUT2D eigenvalue weighted by molar-refractivity contribution is 6.30. The highest BCUT2D eigenvalue weighted by Gasteiger charge is 2.16. The number of aromatic nitrogens is 1. The Morgan fingerprint density at radius 3 is 2.68 bits per heavy atom. The minimum absolute atomic E-state index is 0.126. The Hall–Kier alpha value is -2.58. The normalized spacial score (nSPS) is 9.91. The van der Waals surface area contributed by atoms with Crippen molar-refractivity contribution >= 4 is 23.4 Å². The number of rotatable bonds is 3. The first kappa shape index (κ1) is 15.8. The number of aryl methyl sites for hydroxylation is 1. The molecular weight excluding hydrogens is 302 g/mol. The van der Waals surface area contributed by atoms with Crippen molar-refractivity contribution in [3.8, 4) is 6.07 Å². The molecule has 0 unspecified atom stereocenters. The van der Waals surface area contributed by atoms with Crippen LogP contribution in [0, 0.1) is 25.2 Å². The standard InChI is InChI=1S/C16H14ClN3O2/c1-10-13(8-18)15(17)19-11(2)14(10)20-16(21)22-9-12-6-4-3-5-7-12/h3-7H,9H2,1-2H3,(H,20,21). The summed E-state index contributed by atoms with van der Waals surface area (Å²) in [5.74, 6) is 0. The molecule has 0 bridgehead atoms. The van der Waals surface area contributed by atoms with E-state index in [1.807, 2.05) is 36.4 Å². The summed E-state index contributed by atoms with van der Waals surface area (Å²) in [6, 6.07) is 11.3. The molecule has 0 saturated carbocycles. The van der Waals surface area contributed by atoms with Gasteiger partial charge in [0.05, 0.1) is 16.9 Å². The van der Waals surface area contributed by atoms with Gasteiger partial charge in [0.25, 0.3) is 0 Å². The second-order valence-corrected chi connectivity index (χ2v) is 5.02. The number of nitriles is 1. The maximum Gasteiger partial charge on any atom is 0.412 e. The van der Waals surface area contributed by atoms with Crippen molar-refractivity contribution in [1.82, 2.24) is 4.98 Å². The smallest absolute Gasteiger partial charge is 0.412 e. The quantitative estimate of drug-likeness (QED) is 0.869. The van der Waals surface area contributed by atoms with Crippen molar-refractivity contribution in [3.05, 3.63) is 57.9 Å². The van der Waals surface area contributed by atoms with E-state index in [-0.39, 0.29) is 17.3 Å². The van der Waals surface area contributed by atoms with Crippen LogP contribution in [0.4, 0.5) is 10.5 Å². The van der Waals surface area contributed by atoms with Gasteiger partial charge in [0.15, 0.2) is 0 Å². The van der Waals surface area contributed by atoms with E-state index in [1.54, 1.807) is 13.8 Å². The number of nitrogens with one attached hydrogen (secondary N) is 1. The summed E-state index contributed by atoms with van der Waals surface area (Å²) in [6.45, 7) is 3.57. The predicted molar refractivity (Wildman–Crippen MR) is 83.7 cm³/mol. The minimum atomic E-state index is -0.608. The number of halogens is 1. The van der Waals surface area contributed by atoms with E-state index in [4.69, 9.17) is 21.6 Å². The van der Waals surface area contributed by atoms with Gasteiger partial charge in [-0.3, -0.25) is 5.32 Å². The largest absolute Gasteiger partial charge is 0.444 e. The Morgan fingerprint density at radius 1 is 1.36 bits per heavy atom. The lowest BCUT2D eigenvalue weighted by Gasteiger charge is -2.13. The molecule has 0 radical (unpaired) electrons. The number of hydrogen-bond donors (Lipinski definition) is 1. The van der Waals surface area contributed by atoms with Crippen LogP contribution < -0.4 is 5.32 Å². The minimum Gasteiger partial charge on any atom is -0.444 e. The third kappa shape index (κ3) is 3.54. The number of hydrogen-bond acceptors (Lipinski definition) is 4. The molecule has 0 aliphatic rings. The number of carbonyl (C=O) groups is 1. The first-order valence-electron chi connectivity index (χ1n) is 6.57. The van der Waals surface area contributed by atoms with Gasteiger partial charge in [-0.15, -0.1) is 0 Å². The fraction of sp³-hybridized carbons (Fsp3) is 0.188. The van der Waals surface area contributed by atoms with Crippen LogP contribution in [0.1, 0.15) is 22.4 Å². The maximum atomic E-state index is 11.9. The van der Waals surface area contributed by atoms with Crippen molar-refractivity contribution in [2.45, 2.75) is 20.5 Å². The molecule has 0 saturated heterocycles. The van der Waals surface area contributed by atoms with Gasteiger partial charge >= 0.3 is 6.09 Å². The Morgan fingerprint density at radius 2 is 2.05 bits per heavy atom. The lowest BCUT2D eigenvalue weighted by molar-refractivity contribution is 0.155. The number of anilines is 1. The van der Waals surface area contributed by atoms with Gasteiger partial charge in [0, 0.05) is 0 Å². The fourth-order valence-electron chi connectivity index (χ4n) is 1.99.